The van der Waals surface area contributed by atoms with E-state index in [1.54, 1.807) is 12.1 Å². The minimum atomic E-state index is 0.0335. The summed E-state index contributed by atoms with van der Waals surface area (Å²) in [6, 6.07) is 7.24. The maximum atomic E-state index is 9.45. The molecule has 0 radical (unpaired) electrons. The Labute approximate surface area is 72.2 Å². The van der Waals surface area contributed by atoms with E-state index in [0.29, 0.717) is 5.75 Å². The van der Waals surface area contributed by atoms with Crippen molar-refractivity contribution in [2.24, 2.45) is 5.84 Å². The van der Waals surface area contributed by atoms with E-state index in [-0.39, 0.29) is 6.04 Å². The molecule has 0 fully saturated rings. The topological polar surface area (TPSA) is 58.3 Å². The van der Waals surface area contributed by atoms with Crippen molar-refractivity contribution in [1.82, 2.24) is 5.43 Å². The molecule has 0 aliphatic rings. The number of hydrogen-bond donors (Lipinski definition) is 3. The van der Waals surface area contributed by atoms with E-state index in [4.69, 9.17) is 5.84 Å². The van der Waals surface area contributed by atoms with E-state index < -0.39 is 0 Å². The van der Waals surface area contributed by atoms with Crippen molar-refractivity contribution in [3.8, 4) is 5.75 Å². The van der Waals surface area contributed by atoms with Crippen molar-refractivity contribution in [3.63, 3.8) is 0 Å². The molecule has 3 nitrogen and oxygen atoms in total. The molecule has 0 unspecified atom stereocenters. The Kier molecular flexibility index (Phi) is 3.08. The van der Waals surface area contributed by atoms with Crippen molar-refractivity contribution in [3.05, 3.63) is 29.8 Å². The zero-order chi connectivity index (χ0) is 8.97. The van der Waals surface area contributed by atoms with Gasteiger partial charge in [0.1, 0.15) is 5.75 Å². The molecule has 3 heteroatoms. The van der Waals surface area contributed by atoms with E-state index >= 15 is 0 Å². The van der Waals surface area contributed by atoms with Gasteiger partial charge in [-0.2, -0.15) is 0 Å². The minimum Gasteiger partial charge on any atom is -0.508 e. The Morgan fingerprint density at radius 3 is 2.67 bits per heavy atom. The van der Waals surface area contributed by atoms with Gasteiger partial charge in [-0.25, -0.2) is 0 Å². The number of phenols is 1. The van der Waals surface area contributed by atoms with Crippen LogP contribution in [0.4, 0.5) is 0 Å². The summed E-state index contributed by atoms with van der Waals surface area (Å²) >= 11 is 0. The van der Waals surface area contributed by atoms with Crippen LogP contribution < -0.4 is 11.3 Å². The number of hydrazine groups is 1. The van der Waals surface area contributed by atoms with Gasteiger partial charge in [-0.15, -0.1) is 0 Å². The van der Waals surface area contributed by atoms with Gasteiger partial charge in [-0.1, -0.05) is 25.1 Å². The van der Waals surface area contributed by atoms with E-state index in [1.807, 2.05) is 19.1 Å². The third-order valence-corrected chi connectivity index (χ3v) is 1.92. The van der Waals surface area contributed by atoms with Crippen LogP contribution in [0.25, 0.3) is 0 Å². The van der Waals surface area contributed by atoms with Crippen LogP contribution >= 0.6 is 0 Å². The lowest BCUT2D eigenvalue weighted by atomic mass is 10.0. The molecular formula is C9H14N2O. The highest BCUT2D eigenvalue weighted by molar-refractivity contribution is 5.34. The lowest BCUT2D eigenvalue weighted by Crippen LogP contribution is -2.27. The highest BCUT2D eigenvalue weighted by Crippen LogP contribution is 2.24. The Balaban J connectivity index is 2.92. The summed E-state index contributed by atoms with van der Waals surface area (Å²) in [7, 11) is 0. The van der Waals surface area contributed by atoms with Crippen molar-refractivity contribution in [2.75, 3.05) is 0 Å². The quantitative estimate of drug-likeness (QED) is 0.468. The molecule has 0 aliphatic carbocycles. The number of nitrogens with one attached hydrogen (secondary N) is 1. The molecule has 66 valence electrons. The molecule has 1 aromatic rings. The van der Waals surface area contributed by atoms with Crippen LogP contribution in [0.5, 0.6) is 5.75 Å². The Morgan fingerprint density at radius 1 is 1.50 bits per heavy atom. The second kappa shape index (κ2) is 4.09. The highest BCUT2D eigenvalue weighted by atomic mass is 16.3. The largest absolute Gasteiger partial charge is 0.508 e. The van der Waals surface area contributed by atoms with Crippen LogP contribution in [0.15, 0.2) is 24.3 Å². The predicted molar refractivity (Wildman–Crippen MR) is 48.5 cm³/mol. The van der Waals surface area contributed by atoms with Gasteiger partial charge in [0.05, 0.1) is 0 Å². The second-order valence-electron chi connectivity index (χ2n) is 2.69. The SMILES string of the molecule is CC[C@H](NN)c1ccccc1O. The summed E-state index contributed by atoms with van der Waals surface area (Å²) in [6.07, 6.45) is 0.855. The molecule has 0 saturated heterocycles. The standard InChI is InChI=1S/C9H14N2O/c1-2-8(11-10)7-5-3-4-6-9(7)12/h3-6,8,11-12H,2,10H2,1H3/t8-/m0/s1. The molecule has 0 saturated carbocycles. The van der Waals surface area contributed by atoms with E-state index in [9.17, 15) is 5.11 Å². The first kappa shape index (κ1) is 9.03. The Bertz CT molecular complexity index is 246. The van der Waals surface area contributed by atoms with E-state index in [2.05, 4.69) is 5.43 Å². The van der Waals surface area contributed by atoms with Gasteiger partial charge in [0, 0.05) is 11.6 Å². The van der Waals surface area contributed by atoms with E-state index in [1.165, 1.54) is 0 Å². The van der Waals surface area contributed by atoms with Gasteiger partial charge >= 0.3 is 0 Å². The molecule has 0 bridgehead atoms. The van der Waals surface area contributed by atoms with E-state index in [0.717, 1.165) is 12.0 Å². The summed E-state index contributed by atoms with van der Waals surface area (Å²) < 4.78 is 0. The molecule has 0 aliphatic heterocycles. The first-order valence-corrected chi connectivity index (χ1v) is 4.03. The average molecular weight is 166 g/mol. The average Bonchev–Trinajstić information content (AvgIpc) is 2.10. The zero-order valence-electron chi connectivity index (χ0n) is 7.12. The third kappa shape index (κ3) is 1.75. The molecule has 1 atom stereocenters. The highest BCUT2D eigenvalue weighted by Gasteiger charge is 2.09. The summed E-state index contributed by atoms with van der Waals surface area (Å²) in [5.41, 5.74) is 3.50. The first-order valence-electron chi connectivity index (χ1n) is 4.03. The van der Waals surface area contributed by atoms with Crippen LogP contribution in [0.2, 0.25) is 0 Å². The number of nitrogens with two attached hydrogens (primary N) is 1. The summed E-state index contributed by atoms with van der Waals surface area (Å²) in [5, 5.41) is 9.45. The number of aromatic hydroxyl groups is 1. The number of rotatable bonds is 3. The summed E-state index contributed by atoms with van der Waals surface area (Å²) in [6.45, 7) is 2.01. The van der Waals surface area contributed by atoms with Crippen molar-refractivity contribution in [1.29, 1.82) is 0 Å². The summed E-state index contributed by atoms with van der Waals surface area (Å²) in [4.78, 5) is 0. The number of phenolic OH excluding ortho intramolecular Hbond substituents is 1. The normalized spacial score (nSPS) is 12.8. The number of para-hydroxylation sites is 1. The Morgan fingerprint density at radius 2 is 2.17 bits per heavy atom. The molecule has 1 rings (SSSR count). The predicted octanol–water partition coefficient (Wildman–Crippen LogP) is 1.31. The fraction of sp³-hybridized carbons (Fsp3) is 0.333. The van der Waals surface area contributed by atoms with Gasteiger partial charge in [0.2, 0.25) is 0 Å². The van der Waals surface area contributed by atoms with Crippen molar-refractivity contribution in [2.45, 2.75) is 19.4 Å². The smallest absolute Gasteiger partial charge is 0.120 e. The van der Waals surface area contributed by atoms with Gasteiger partial charge in [0.15, 0.2) is 0 Å². The number of hydrogen-bond acceptors (Lipinski definition) is 3. The molecular weight excluding hydrogens is 152 g/mol. The molecule has 1 aromatic carbocycles. The Hall–Kier alpha value is -1.06. The third-order valence-electron chi connectivity index (χ3n) is 1.92. The van der Waals surface area contributed by atoms with Gasteiger partial charge < -0.3 is 5.11 Å². The lowest BCUT2D eigenvalue weighted by molar-refractivity contribution is 0.444. The number of benzene rings is 1. The second-order valence-corrected chi connectivity index (χ2v) is 2.69. The molecule has 0 spiro atoms. The van der Waals surface area contributed by atoms with Crippen LogP contribution in [0.3, 0.4) is 0 Å². The maximum Gasteiger partial charge on any atom is 0.120 e. The fourth-order valence-corrected chi connectivity index (χ4v) is 1.21. The van der Waals surface area contributed by atoms with Crippen LogP contribution in [0.1, 0.15) is 24.9 Å². The molecule has 4 N–H and O–H groups in total. The van der Waals surface area contributed by atoms with Gasteiger partial charge in [0.25, 0.3) is 0 Å². The zero-order valence-corrected chi connectivity index (χ0v) is 7.12. The van der Waals surface area contributed by atoms with Gasteiger partial charge in [-0.05, 0) is 12.5 Å². The van der Waals surface area contributed by atoms with Crippen molar-refractivity contribution < 1.29 is 5.11 Å². The maximum absolute atomic E-state index is 9.45. The molecule has 12 heavy (non-hydrogen) atoms. The lowest BCUT2D eigenvalue weighted by Gasteiger charge is -2.14. The molecule has 0 amide bonds. The van der Waals surface area contributed by atoms with Crippen molar-refractivity contribution >= 4 is 0 Å². The monoisotopic (exact) mass is 166 g/mol. The first-order chi connectivity index (χ1) is 5.79. The van der Waals surface area contributed by atoms with Crippen LogP contribution in [0, 0.1) is 0 Å². The molecule has 0 aromatic heterocycles. The molecule has 0 heterocycles. The summed E-state index contributed by atoms with van der Waals surface area (Å²) in [5.74, 6) is 5.62. The van der Waals surface area contributed by atoms with Crippen LogP contribution in [-0.2, 0) is 0 Å². The fourth-order valence-electron chi connectivity index (χ4n) is 1.21. The van der Waals surface area contributed by atoms with Crippen LogP contribution in [-0.4, -0.2) is 5.11 Å². The van der Waals surface area contributed by atoms with Gasteiger partial charge in [-0.3, -0.25) is 11.3 Å². The minimum absolute atomic E-state index is 0.0335.